The molecule has 3 amide bonds. The van der Waals surface area contributed by atoms with Crippen molar-refractivity contribution in [3.8, 4) is 0 Å². The summed E-state index contributed by atoms with van der Waals surface area (Å²) in [5.41, 5.74) is 1.87. The highest BCUT2D eigenvalue weighted by Gasteiger charge is 2.43. The molecular formula is C35H46N4O7S. The van der Waals surface area contributed by atoms with E-state index in [-0.39, 0.29) is 37.2 Å². The number of rotatable bonds is 12. The summed E-state index contributed by atoms with van der Waals surface area (Å²) in [5, 5.41) is 1.07. The van der Waals surface area contributed by atoms with Crippen molar-refractivity contribution in [3.05, 3.63) is 71.9 Å². The lowest BCUT2D eigenvalue weighted by Gasteiger charge is -2.39. The number of aromatic nitrogens is 1. The first-order valence-corrected chi connectivity index (χ1v) is 17.9. The number of fused-ring (bicyclic) bond motifs is 1. The third kappa shape index (κ3) is 9.13. The van der Waals surface area contributed by atoms with Gasteiger partial charge in [-0.2, -0.15) is 0 Å². The summed E-state index contributed by atoms with van der Waals surface area (Å²) < 4.78 is 41.2. The first-order chi connectivity index (χ1) is 22.3. The Labute approximate surface area is 277 Å². The van der Waals surface area contributed by atoms with E-state index >= 15 is 0 Å². The molecule has 11 nitrogen and oxygen atoms in total. The van der Waals surface area contributed by atoms with E-state index in [1.165, 1.54) is 4.90 Å². The first kappa shape index (κ1) is 34.4. The Morgan fingerprint density at radius 1 is 0.979 bits per heavy atom. The number of amides is 3. The van der Waals surface area contributed by atoms with E-state index in [0.717, 1.165) is 42.3 Å². The van der Waals surface area contributed by atoms with Crippen LogP contribution in [0.2, 0.25) is 0 Å². The van der Waals surface area contributed by atoms with Crippen LogP contribution >= 0.6 is 0 Å². The van der Waals surface area contributed by atoms with Gasteiger partial charge in [-0.25, -0.2) is 13.2 Å². The zero-order valence-electron chi connectivity index (χ0n) is 27.7. The van der Waals surface area contributed by atoms with E-state index in [9.17, 15) is 22.8 Å². The molecule has 1 aromatic heterocycles. The molecule has 2 aliphatic rings. The van der Waals surface area contributed by atoms with Crippen LogP contribution in [-0.4, -0.2) is 79.1 Å². The van der Waals surface area contributed by atoms with Crippen LogP contribution < -0.4 is 4.72 Å². The number of likely N-dealkylation sites (tertiary alicyclic amines) is 1. The van der Waals surface area contributed by atoms with E-state index in [1.807, 2.05) is 17.0 Å². The highest BCUT2D eigenvalue weighted by Crippen LogP contribution is 2.35. The molecule has 5 rings (SSSR count). The van der Waals surface area contributed by atoms with Crippen molar-refractivity contribution in [2.24, 2.45) is 11.8 Å². The predicted molar refractivity (Wildman–Crippen MR) is 179 cm³/mol. The average molecular weight is 667 g/mol. The second-order valence-corrected chi connectivity index (χ2v) is 15.4. The minimum absolute atomic E-state index is 0.0518. The molecule has 12 heteroatoms. The molecule has 1 saturated carbocycles. The van der Waals surface area contributed by atoms with Gasteiger partial charge in [0.15, 0.2) is 0 Å². The molecule has 47 heavy (non-hydrogen) atoms. The Bertz CT molecular complexity index is 1680. The molecule has 1 aliphatic carbocycles. The SMILES string of the molecule is COCCCn1cc(CN(C(=O)[C@@H]2C[C@H](C(=O)NS(=O)(=O)Cc3ccccc3)CN(C(=O)OC(C)(C)C)C2)C2CC2)c2ccccc21. The van der Waals surface area contributed by atoms with Crippen molar-refractivity contribution in [2.45, 2.75) is 76.9 Å². The van der Waals surface area contributed by atoms with E-state index < -0.39 is 39.5 Å². The third-order valence-corrected chi connectivity index (χ3v) is 9.73. The fourth-order valence-electron chi connectivity index (χ4n) is 6.21. The van der Waals surface area contributed by atoms with Crippen LogP contribution in [0.25, 0.3) is 10.9 Å². The molecule has 0 radical (unpaired) electrons. The predicted octanol–water partition coefficient (Wildman–Crippen LogP) is 4.69. The quantitative estimate of drug-likeness (QED) is 0.278. The van der Waals surface area contributed by atoms with Crippen LogP contribution in [0.4, 0.5) is 4.79 Å². The Morgan fingerprint density at radius 2 is 1.66 bits per heavy atom. The number of sulfonamides is 1. The number of nitrogens with one attached hydrogen (secondary N) is 1. The van der Waals surface area contributed by atoms with Gasteiger partial charge in [0.1, 0.15) is 5.60 Å². The molecule has 1 aliphatic heterocycles. The summed E-state index contributed by atoms with van der Waals surface area (Å²) in [6, 6.07) is 16.8. The van der Waals surface area contributed by atoms with Crippen molar-refractivity contribution < 1.29 is 32.3 Å². The molecule has 2 aromatic carbocycles. The van der Waals surface area contributed by atoms with Crippen molar-refractivity contribution in [2.75, 3.05) is 26.8 Å². The number of hydrogen-bond donors (Lipinski definition) is 1. The van der Waals surface area contributed by atoms with Gasteiger partial charge in [-0.1, -0.05) is 48.5 Å². The summed E-state index contributed by atoms with van der Waals surface area (Å²) in [5.74, 6) is -2.87. The van der Waals surface area contributed by atoms with Crippen molar-refractivity contribution >= 4 is 38.8 Å². The molecule has 2 heterocycles. The Kier molecular flexibility index (Phi) is 10.6. The molecule has 3 aromatic rings. The number of hydrogen-bond acceptors (Lipinski definition) is 7. The number of aryl methyl sites for hydroxylation is 1. The fraction of sp³-hybridized carbons (Fsp3) is 0.514. The number of carbonyl (C=O) groups excluding carboxylic acids is 3. The maximum Gasteiger partial charge on any atom is 0.410 e. The van der Waals surface area contributed by atoms with E-state index in [2.05, 4.69) is 27.6 Å². The topological polar surface area (TPSA) is 127 Å². The van der Waals surface area contributed by atoms with E-state index in [0.29, 0.717) is 18.7 Å². The number of benzene rings is 2. The summed E-state index contributed by atoms with van der Waals surface area (Å²) in [4.78, 5) is 44.4. The number of methoxy groups -OCH3 is 1. The van der Waals surface area contributed by atoms with Crippen LogP contribution in [-0.2, 0) is 47.9 Å². The van der Waals surface area contributed by atoms with Gasteiger partial charge in [-0.3, -0.25) is 14.3 Å². The summed E-state index contributed by atoms with van der Waals surface area (Å²) in [6.07, 6.45) is 4.19. The molecule has 2 atom stereocenters. The smallest absolute Gasteiger partial charge is 0.410 e. The lowest BCUT2D eigenvalue weighted by Crippen LogP contribution is -2.54. The van der Waals surface area contributed by atoms with Crippen molar-refractivity contribution in [1.29, 1.82) is 0 Å². The molecule has 0 bridgehead atoms. The van der Waals surface area contributed by atoms with E-state index in [4.69, 9.17) is 9.47 Å². The highest BCUT2D eigenvalue weighted by atomic mass is 32.2. The lowest BCUT2D eigenvalue weighted by molar-refractivity contribution is -0.140. The number of para-hydroxylation sites is 1. The van der Waals surface area contributed by atoms with Gasteiger partial charge in [-0.15, -0.1) is 0 Å². The van der Waals surface area contributed by atoms with Crippen LogP contribution in [0, 0.1) is 11.8 Å². The fourth-order valence-corrected chi connectivity index (χ4v) is 7.39. The van der Waals surface area contributed by atoms with Gasteiger partial charge in [0.2, 0.25) is 21.8 Å². The lowest BCUT2D eigenvalue weighted by atomic mass is 9.87. The normalized spacial score (nSPS) is 18.6. The Hall–Kier alpha value is -3.90. The monoisotopic (exact) mass is 666 g/mol. The van der Waals surface area contributed by atoms with Crippen LogP contribution in [0.15, 0.2) is 60.8 Å². The number of carbonyl (C=O) groups is 3. The minimum Gasteiger partial charge on any atom is -0.444 e. The second-order valence-electron chi connectivity index (χ2n) is 13.6. The molecular weight excluding hydrogens is 620 g/mol. The van der Waals surface area contributed by atoms with Crippen LogP contribution in [0.3, 0.4) is 0 Å². The molecule has 254 valence electrons. The molecule has 2 fully saturated rings. The standard InChI is InChI=1S/C35H46N4O7S/c1-35(2,3)46-34(42)38-20-26(32(40)36-47(43,44)24-25-11-6-5-7-12-25)19-27(21-38)33(41)39(29-15-16-29)23-28-22-37(17-10-18-45-4)31-14-9-8-13-30(28)31/h5-9,11-14,22,26-27,29H,10,15-21,23-24H2,1-4H3,(H,36,40)/t26-,27+/m0/s1. The Morgan fingerprint density at radius 3 is 2.34 bits per heavy atom. The summed E-state index contributed by atoms with van der Waals surface area (Å²) in [7, 11) is -2.33. The van der Waals surface area contributed by atoms with Crippen LogP contribution in [0.5, 0.6) is 0 Å². The van der Waals surface area contributed by atoms with Crippen molar-refractivity contribution in [3.63, 3.8) is 0 Å². The van der Waals surface area contributed by atoms with Gasteiger partial charge in [0, 0.05) is 63.0 Å². The van der Waals surface area contributed by atoms with Gasteiger partial charge in [0.25, 0.3) is 0 Å². The summed E-state index contributed by atoms with van der Waals surface area (Å²) in [6.45, 7) is 7.09. The average Bonchev–Trinajstić information content (AvgIpc) is 3.81. The van der Waals surface area contributed by atoms with Gasteiger partial charge in [-0.05, 0) is 63.6 Å². The minimum atomic E-state index is -4.01. The molecule has 0 spiro atoms. The van der Waals surface area contributed by atoms with Gasteiger partial charge < -0.3 is 23.8 Å². The Balaban J connectivity index is 1.37. The first-order valence-electron chi connectivity index (χ1n) is 16.3. The van der Waals surface area contributed by atoms with Crippen LogP contribution in [0.1, 0.15) is 57.6 Å². The highest BCUT2D eigenvalue weighted by molar-refractivity contribution is 7.89. The van der Waals surface area contributed by atoms with Gasteiger partial charge >= 0.3 is 6.09 Å². The maximum absolute atomic E-state index is 14.4. The number of nitrogens with zero attached hydrogens (tertiary/aromatic N) is 3. The van der Waals surface area contributed by atoms with Gasteiger partial charge in [0.05, 0.1) is 17.6 Å². The van der Waals surface area contributed by atoms with E-state index in [1.54, 1.807) is 58.2 Å². The largest absolute Gasteiger partial charge is 0.444 e. The number of piperidine rings is 1. The van der Waals surface area contributed by atoms with Crippen molar-refractivity contribution in [1.82, 2.24) is 19.1 Å². The molecule has 0 unspecified atom stereocenters. The third-order valence-electron chi connectivity index (χ3n) is 8.51. The molecule has 1 saturated heterocycles. The maximum atomic E-state index is 14.4. The number of ether oxygens (including phenoxy) is 2. The molecule has 1 N–H and O–H groups in total. The second kappa shape index (κ2) is 14.5. The zero-order chi connectivity index (χ0) is 33.8. The summed E-state index contributed by atoms with van der Waals surface area (Å²) >= 11 is 0. The zero-order valence-corrected chi connectivity index (χ0v) is 28.5.